The van der Waals surface area contributed by atoms with Crippen molar-refractivity contribution in [1.29, 1.82) is 5.26 Å². The van der Waals surface area contributed by atoms with Crippen LogP contribution in [0.4, 0.5) is 0 Å². The number of nitrogens with zero attached hydrogens (tertiary/aromatic N) is 3. The largest absolute Gasteiger partial charge is 0.423 e. The molecule has 0 amide bonds. The van der Waals surface area contributed by atoms with Gasteiger partial charge in [-0.2, -0.15) is 5.26 Å². The number of carbonyl (C=O) groups excluding carboxylic acids is 2. The Labute approximate surface area is 103 Å². The number of rotatable bonds is 6. The van der Waals surface area contributed by atoms with Crippen molar-refractivity contribution in [3.05, 3.63) is 34.9 Å². The molecule has 0 aliphatic carbocycles. The lowest BCUT2D eigenvalue weighted by Gasteiger charge is -2.05. The third-order valence-electron chi connectivity index (χ3n) is 2.07. The molecule has 0 aliphatic heterocycles. The Bertz CT molecular complexity index is 512. The number of benzene rings is 1. The lowest BCUT2D eigenvalue weighted by atomic mass is 10.1. The van der Waals surface area contributed by atoms with E-state index in [1.54, 1.807) is 24.5 Å². The van der Waals surface area contributed by atoms with Gasteiger partial charge in [-0.05, 0) is 16.7 Å². The predicted octanol–water partition coefficient (Wildman–Crippen LogP) is 1.36. The Morgan fingerprint density at radius 2 is 1.50 bits per heavy atom. The number of aliphatic imine (C=N–C) groups is 2. The summed E-state index contributed by atoms with van der Waals surface area (Å²) in [6, 6.07) is 5.27. The second-order valence-corrected chi connectivity index (χ2v) is 3.35. The van der Waals surface area contributed by atoms with Crippen molar-refractivity contribution >= 4 is 12.2 Å². The Morgan fingerprint density at radius 3 is 1.94 bits per heavy atom. The first-order valence-corrected chi connectivity index (χ1v) is 5.00. The first-order chi connectivity index (χ1) is 8.80. The minimum atomic E-state index is 0.118. The maximum atomic E-state index is 10.1. The van der Waals surface area contributed by atoms with E-state index in [4.69, 9.17) is 5.26 Å². The summed E-state index contributed by atoms with van der Waals surface area (Å²) in [6.07, 6.45) is 4.46. The lowest BCUT2D eigenvalue weighted by molar-refractivity contribution is 0.257. The molecule has 6 heteroatoms. The van der Waals surface area contributed by atoms with E-state index in [0.29, 0.717) is 0 Å². The smallest absolute Gasteiger partial charge is 0.286 e. The summed E-state index contributed by atoms with van der Waals surface area (Å²) in [5, 5.41) is 8.34. The Kier molecular flexibility index (Phi) is 5.58. The van der Waals surface area contributed by atoms with Crippen LogP contribution >= 0.6 is 0 Å². The molecule has 90 valence electrons. The van der Waals surface area contributed by atoms with Crippen molar-refractivity contribution in [1.82, 2.24) is 0 Å². The average molecular weight is 243 g/mol. The highest BCUT2D eigenvalue weighted by atomic mass is 16.5. The highest BCUT2D eigenvalue weighted by Gasteiger charge is 2.02. The monoisotopic (exact) mass is 243 g/mol. The van der Waals surface area contributed by atoms with Crippen LogP contribution in [0.3, 0.4) is 0 Å². The molecular formula is C12H9N3O3. The maximum absolute atomic E-state index is 10.1. The van der Waals surface area contributed by atoms with Crippen molar-refractivity contribution in [3.8, 4) is 6.26 Å². The van der Waals surface area contributed by atoms with Crippen LogP contribution in [-0.4, -0.2) is 12.2 Å². The topological polar surface area (TPSA) is 91.9 Å². The van der Waals surface area contributed by atoms with Crippen LogP contribution < -0.4 is 0 Å². The summed E-state index contributed by atoms with van der Waals surface area (Å²) in [4.78, 5) is 27.1. The molecule has 0 aliphatic rings. The second kappa shape index (κ2) is 7.53. The Balaban J connectivity index is 2.98. The molecule has 0 N–H and O–H groups in total. The van der Waals surface area contributed by atoms with E-state index in [2.05, 4.69) is 14.7 Å². The standard InChI is InChI=1S/C12H9N3O3/c13-7-18-6-12-2-10(4-14-8-16)1-11(3-12)5-15-9-17/h1-3H,4-6H2. The number of hydrogen-bond acceptors (Lipinski definition) is 6. The summed E-state index contributed by atoms with van der Waals surface area (Å²) in [7, 11) is 0. The fourth-order valence-electron chi connectivity index (χ4n) is 1.47. The predicted molar refractivity (Wildman–Crippen MR) is 60.5 cm³/mol. The molecule has 0 aromatic heterocycles. The molecule has 1 aromatic rings. The molecule has 1 rings (SSSR count). The van der Waals surface area contributed by atoms with E-state index < -0.39 is 0 Å². The minimum absolute atomic E-state index is 0.118. The van der Waals surface area contributed by atoms with Crippen molar-refractivity contribution in [2.75, 3.05) is 0 Å². The van der Waals surface area contributed by atoms with Crippen molar-refractivity contribution in [3.63, 3.8) is 0 Å². The van der Waals surface area contributed by atoms with E-state index in [1.165, 1.54) is 12.2 Å². The fourth-order valence-corrected chi connectivity index (χ4v) is 1.47. The van der Waals surface area contributed by atoms with Gasteiger partial charge >= 0.3 is 0 Å². The average Bonchev–Trinajstić information content (AvgIpc) is 2.40. The van der Waals surface area contributed by atoms with Crippen LogP contribution in [-0.2, 0) is 34.0 Å². The van der Waals surface area contributed by atoms with Gasteiger partial charge in [-0.25, -0.2) is 19.6 Å². The lowest BCUT2D eigenvalue weighted by Crippen LogP contribution is -1.94. The molecule has 0 saturated heterocycles. The van der Waals surface area contributed by atoms with Crippen LogP contribution in [0.1, 0.15) is 16.7 Å². The van der Waals surface area contributed by atoms with E-state index >= 15 is 0 Å². The fraction of sp³-hybridized carbons (Fsp3) is 0.250. The molecule has 0 atom stereocenters. The van der Waals surface area contributed by atoms with Gasteiger partial charge in [0.2, 0.25) is 12.2 Å². The number of nitriles is 1. The van der Waals surface area contributed by atoms with Crippen molar-refractivity contribution in [2.24, 2.45) is 9.98 Å². The number of isocyanates is 2. The van der Waals surface area contributed by atoms with Crippen LogP contribution in [0.5, 0.6) is 0 Å². The van der Waals surface area contributed by atoms with Gasteiger partial charge in [-0.15, -0.1) is 0 Å². The quantitative estimate of drug-likeness (QED) is 0.428. The summed E-state index contributed by atoms with van der Waals surface area (Å²) in [5.74, 6) is 0. The number of ether oxygens (including phenoxy) is 1. The second-order valence-electron chi connectivity index (χ2n) is 3.35. The molecule has 0 bridgehead atoms. The molecule has 6 nitrogen and oxygen atoms in total. The first kappa shape index (κ1) is 13.3. The molecule has 0 saturated carbocycles. The van der Waals surface area contributed by atoms with Crippen LogP contribution in [0.15, 0.2) is 28.2 Å². The third-order valence-corrected chi connectivity index (χ3v) is 2.07. The summed E-state index contributed by atoms with van der Waals surface area (Å²) in [6.45, 7) is 0.482. The van der Waals surface area contributed by atoms with E-state index in [0.717, 1.165) is 16.7 Å². The van der Waals surface area contributed by atoms with Crippen molar-refractivity contribution in [2.45, 2.75) is 19.7 Å². The first-order valence-electron chi connectivity index (χ1n) is 5.00. The number of hydrogen-bond donors (Lipinski definition) is 0. The van der Waals surface area contributed by atoms with Gasteiger partial charge in [0.15, 0.2) is 0 Å². The van der Waals surface area contributed by atoms with Gasteiger partial charge in [0.05, 0.1) is 13.1 Å². The molecule has 18 heavy (non-hydrogen) atoms. The maximum Gasteiger partial charge on any atom is 0.286 e. The molecule has 0 fully saturated rings. The normalized spacial score (nSPS) is 8.61. The van der Waals surface area contributed by atoms with Gasteiger partial charge in [0.1, 0.15) is 6.61 Å². The van der Waals surface area contributed by atoms with E-state index in [-0.39, 0.29) is 19.7 Å². The van der Waals surface area contributed by atoms with Crippen molar-refractivity contribution < 1.29 is 14.3 Å². The molecule has 0 heterocycles. The zero-order chi connectivity index (χ0) is 13.2. The summed E-state index contributed by atoms with van der Waals surface area (Å²) >= 11 is 0. The Hall–Kier alpha value is -2.73. The molecule has 0 unspecified atom stereocenters. The van der Waals surface area contributed by atoms with Gasteiger partial charge in [-0.1, -0.05) is 18.2 Å². The van der Waals surface area contributed by atoms with Gasteiger partial charge < -0.3 is 4.74 Å². The molecule has 1 aromatic carbocycles. The highest BCUT2D eigenvalue weighted by molar-refractivity contribution is 5.37. The molecule has 0 spiro atoms. The summed E-state index contributed by atoms with van der Waals surface area (Å²) < 4.78 is 4.63. The third kappa shape index (κ3) is 4.42. The molecular weight excluding hydrogens is 234 g/mol. The molecule has 0 radical (unpaired) electrons. The van der Waals surface area contributed by atoms with Crippen LogP contribution in [0.25, 0.3) is 0 Å². The van der Waals surface area contributed by atoms with E-state index in [1.807, 2.05) is 0 Å². The highest BCUT2D eigenvalue weighted by Crippen LogP contribution is 2.13. The minimum Gasteiger partial charge on any atom is -0.423 e. The van der Waals surface area contributed by atoms with Gasteiger partial charge in [0, 0.05) is 0 Å². The van der Waals surface area contributed by atoms with Gasteiger partial charge in [-0.3, -0.25) is 0 Å². The Morgan fingerprint density at radius 1 is 1.00 bits per heavy atom. The van der Waals surface area contributed by atoms with E-state index in [9.17, 15) is 9.59 Å². The SMILES string of the molecule is N#COCc1cc(CN=C=O)cc(CN=C=O)c1. The zero-order valence-corrected chi connectivity index (χ0v) is 9.42. The zero-order valence-electron chi connectivity index (χ0n) is 9.42. The van der Waals surface area contributed by atoms with Crippen LogP contribution in [0.2, 0.25) is 0 Å². The van der Waals surface area contributed by atoms with Crippen LogP contribution in [0, 0.1) is 11.5 Å². The summed E-state index contributed by atoms with van der Waals surface area (Å²) in [5.41, 5.74) is 2.26. The van der Waals surface area contributed by atoms with Gasteiger partial charge in [0.25, 0.3) is 6.26 Å².